The molecule has 0 atom stereocenters. The minimum atomic E-state index is 0.229. The van der Waals surface area contributed by atoms with Gasteiger partial charge in [-0.25, -0.2) is 0 Å². The van der Waals surface area contributed by atoms with Crippen LogP contribution in [0.3, 0.4) is 0 Å². The quantitative estimate of drug-likeness (QED) is 0.530. The average molecular weight is 227 g/mol. The summed E-state index contributed by atoms with van der Waals surface area (Å²) in [6.07, 6.45) is 12.1. The SMILES string of the molecule is CCCCCCCCCCC(=O)NCCC. The molecule has 0 heterocycles. The van der Waals surface area contributed by atoms with Crippen LogP contribution < -0.4 is 5.32 Å². The highest BCUT2D eigenvalue weighted by molar-refractivity contribution is 5.75. The summed E-state index contributed by atoms with van der Waals surface area (Å²) >= 11 is 0. The van der Waals surface area contributed by atoms with Crippen molar-refractivity contribution in [3.05, 3.63) is 0 Å². The Morgan fingerprint density at radius 1 is 0.812 bits per heavy atom. The third kappa shape index (κ3) is 11.5. The molecule has 0 rings (SSSR count). The molecule has 0 saturated heterocycles. The molecule has 0 bridgehead atoms. The highest BCUT2D eigenvalue weighted by atomic mass is 16.1. The van der Waals surface area contributed by atoms with Crippen LogP contribution in [0.1, 0.15) is 78.1 Å². The van der Waals surface area contributed by atoms with E-state index in [0.29, 0.717) is 0 Å². The Bertz CT molecular complexity index is 157. The van der Waals surface area contributed by atoms with Crippen molar-refractivity contribution in [3.8, 4) is 0 Å². The molecule has 0 fully saturated rings. The van der Waals surface area contributed by atoms with Crippen molar-refractivity contribution in [2.45, 2.75) is 78.1 Å². The van der Waals surface area contributed by atoms with Gasteiger partial charge < -0.3 is 5.32 Å². The number of carbonyl (C=O) groups is 1. The van der Waals surface area contributed by atoms with Crippen molar-refractivity contribution in [2.24, 2.45) is 0 Å². The molecule has 0 spiro atoms. The van der Waals surface area contributed by atoms with E-state index in [1.807, 2.05) is 0 Å². The molecule has 2 heteroatoms. The molecule has 0 aliphatic carbocycles. The third-order valence-electron chi connectivity index (χ3n) is 2.83. The molecule has 0 aromatic rings. The fourth-order valence-electron chi connectivity index (χ4n) is 1.77. The van der Waals surface area contributed by atoms with Crippen molar-refractivity contribution in [2.75, 3.05) is 6.54 Å². The lowest BCUT2D eigenvalue weighted by molar-refractivity contribution is -0.121. The first-order valence-corrected chi connectivity index (χ1v) is 7.08. The number of nitrogens with one attached hydrogen (secondary N) is 1. The summed E-state index contributed by atoms with van der Waals surface area (Å²) in [5.41, 5.74) is 0. The van der Waals surface area contributed by atoms with Gasteiger partial charge in [0.2, 0.25) is 5.91 Å². The van der Waals surface area contributed by atoms with E-state index in [1.54, 1.807) is 0 Å². The van der Waals surface area contributed by atoms with Gasteiger partial charge in [0.15, 0.2) is 0 Å². The smallest absolute Gasteiger partial charge is 0.219 e. The predicted octanol–water partition coefficient (Wildman–Crippen LogP) is 4.04. The van der Waals surface area contributed by atoms with E-state index in [2.05, 4.69) is 19.2 Å². The van der Waals surface area contributed by atoms with Gasteiger partial charge in [0.25, 0.3) is 0 Å². The zero-order chi connectivity index (χ0) is 12.1. The van der Waals surface area contributed by atoms with Crippen molar-refractivity contribution in [3.63, 3.8) is 0 Å². The molecular formula is C14H29NO. The van der Waals surface area contributed by atoms with E-state index < -0.39 is 0 Å². The summed E-state index contributed by atoms with van der Waals surface area (Å²) in [4.78, 5) is 11.3. The number of unbranched alkanes of at least 4 members (excludes halogenated alkanes) is 7. The molecule has 0 aromatic heterocycles. The zero-order valence-corrected chi connectivity index (χ0v) is 11.2. The molecular weight excluding hydrogens is 198 g/mol. The normalized spacial score (nSPS) is 10.4. The zero-order valence-electron chi connectivity index (χ0n) is 11.2. The summed E-state index contributed by atoms with van der Waals surface area (Å²) in [7, 11) is 0. The lowest BCUT2D eigenvalue weighted by Gasteiger charge is -2.03. The van der Waals surface area contributed by atoms with E-state index >= 15 is 0 Å². The van der Waals surface area contributed by atoms with Crippen molar-refractivity contribution in [1.29, 1.82) is 0 Å². The van der Waals surface area contributed by atoms with Crippen molar-refractivity contribution < 1.29 is 4.79 Å². The lowest BCUT2D eigenvalue weighted by atomic mass is 10.1. The Hall–Kier alpha value is -0.530. The summed E-state index contributed by atoms with van der Waals surface area (Å²) in [6, 6.07) is 0. The van der Waals surface area contributed by atoms with Gasteiger partial charge in [-0.15, -0.1) is 0 Å². The summed E-state index contributed by atoms with van der Waals surface area (Å²) in [5.74, 6) is 0.229. The summed E-state index contributed by atoms with van der Waals surface area (Å²) in [5, 5.41) is 2.91. The molecule has 2 nitrogen and oxygen atoms in total. The van der Waals surface area contributed by atoms with Gasteiger partial charge in [-0.05, 0) is 12.8 Å². The number of amides is 1. The van der Waals surface area contributed by atoms with E-state index in [9.17, 15) is 4.79 Å². The van der Waals surface area contributed by atoms with Crippen LogP contribution in [-0.2, 0) is 4.79 Å². The second-order valence-corrected chi connectivity index (χ2v) is 4.57. The van der Waals surface area contributed by atoms with Crippen LogP contribution in [0, 0.1) is 0 Å². The van der Waals surface area contributed by atoms with Gasteiger partial charge in [0.05, 0.1) is 0 Å². The van der Waals surface area contributed by atoms with Crippen LogP contribution >= 0.6 is 0 Å². The first kappa shape index (κ1) is 15.5. The Morgan fingerprint density at radius 3 is 1.94 bits per heavy atom. The topological polar surface area (TPSA) is 29.1 Å². The predicted molar refractivity (Wildman–Crippen MR) is 70.5 cm³/mol. The molecule has 0 aliphatic heterocycles. The minimum absolute atomic E-state index is 0.229. The van der Waals surface area contributed by atoms with Gasteiger partial charge in [-0.3, -0.25) is 4.79 Å². The molecule has 16 heavy (non-hydrogen) atoms. The number of carbonyl (C=O) groups excluding carboxylic acids is 1. The molecule has 1 amide bonds. The highest BCUT2D eigenvalue weighted by Crippen LogP contribution is 2.09. The molecule has 96 valence electrons. The molecule has 0 saturated carbocycles. The largest absolute Gasteiger partial charge is 0.356 e. The fourth-order valence-corrected chi connectivity index (χ4v) is 1.77. The number of rotatable bonds is 11. The van der Waals surface area contributed by atoms with Crippen LogP contribution in [0.2, 0.25) is 0 Å². The Labute approximate surface area is 101 Å². The van der Waals surface area contributed by atoms with E-state index in [-0.39, 0.29) is 5.91 Å². The lowest BCUT2D eigenvalue weighted by Crippen LogP contribution is -2.23. The Balaban J connectivity index is 3.05. The second-order valence-electron chi connectivity index (χ2n) is 4.57. The molecule has 1 N–H and O–H groups in total. The van der Waals surface area contributed by atoms with E-state index in [4.69, 9.17) is 0 Å². The van der Waals surface area contributed by atoms with Gasteiger partial charge >= 0.3 is 0 Å². The van der Waals surface area contributed by atoms with Crippen LogP contribution in [0.25, 0.3) is 0 Å². The van der Waals surface area contributed by atoms with Crippen molar-refractivity contribution in [1.82, 2.24) is 5.32 Å². The van der Waals surface area contributed by atoms with E-state index in [0.717, 1.165) is 25.8 Å². The maximum atomic E-state index is 11.3. The molecule has 0 radical (unpaired) electrons. The average Bonchev–Trinajstić information content (AvgIpc) is 2.30. The fraction of sp³-hybridized carbons (Fsp3) is 0.929. The first-order chi connectivity index (χ1) is 7.81. The van der Waals surface area contributed by atoms with Gasteiger partial charge in [0, 0.05) is 13.0 Å². The Kier molecular flexibility index (Phi) is 12.1. The van der Waals surface area contributed by atoms with Gasteiger partial charge in [0.1, 0.15) is 0 Å². The number of hydrogen-bond donors (Lipinski definition) is 1. The van der Waals surface area contributed by atoms with Crippen LogP contribution in [0.5, 0.6) is 0 Å². The third-order valence-corrected chi connectivity index (χ3v) is 2.83. The van der Waals surface area contributed by atoms with Crippen LogP contribution in [0.4, 0.5) is 0 Å². The molecule has 0 aromatic carbocycles. The van der Waals surface area contributed by atoms with E-state index in [1.165, 1.54) is 44.9 Å². The van der Waals surface area contributed by atoms with Gasteiger partial charge in [-0.1, -0.05) is 58.8 Å². The molecule has 0 aliphatic rings. The summed E-state index contributed by atoms with van der Waals surface area (Å²) in [6.45, 7) is 5.15. The molecule has 0 unspecified atom stereocenters. The number of hydrogen-bond acceptors (Lipinski definition) is 1. The highest BCUT2D eigenvalue weighted by Gasteiger charge is 1.99. The van der Waals surface area contributed by atoms with Crippen molar-refractivity contribution >= 4 is 5.91 Å². The minimum Gasteiger partial charge on any atom is -0.356 e. The standard InChI is InChI=1S/C14H29NO/c1-3-5-6-7-8-9-10-11-12-14(16)15-13-4-2/h3-13H2,1-2H3,(H,15,16). The van der Waals surface area contributed by atoms with Crippen LogP contribution in [-0.4, -0.2) is 12.5 Å². The Morgan fingerprint density at radius 2 is 1.38 bits per heavy atom. The first-order valence-electron chi connectivity index (χ1n) is 7.08. The second kappa shape index (κ2) is 12.5. The maximum Gasteiger partial charge on any atom is 0.219 e. The maximum absolute atomic E-state index is 11.3. The van der Waals surface area contributed by atoms with Crippen LogP contribution in [0.15, 0.2) is 0 Å². The van der Waals surface area contributed by atoms with Gasteiger partial charge in [-0.2, -0.15) is 0 Å². The summed E-state index contributed by atoms with van der Waals surface area (Å²) < 4.78 is 0. The monoisotopic (exact) mass is 227 g/mol.